The molecule has 0 radical (unpaired) electrons. The second kappa shape index (κ2) is 5.94. The summed E-state index contributed by atoms with van der Waals surface area (Å²) in [6.45, 7) is 4.85. The predicted molar refractivity (Wildman–Crippen MR) is 86.2 cm³/mol. The zero-order chi connectivity index (χ0) is 16.7. The highest BCUT2D eigenvalue weighted by atomic mass is 32.1. The second-order valence-electron chi connectivity index (χ2n) is 6.35. The Morgan fingerprint density at radius 1 is 1.46 bits per heavy atom. The number of carbonyl (C=O) groups is 1. The van der Waals surface area contributed by atoms with E-state index in [9.17, 15) is 9.90 Å². The van der Waals surface area contributed by atoms with Gasteiger partial charge in [0.15, 0.2) is 5.82 Å². The monoisotopic (exact) mass is 349 g/mol. The molecule has 2 aromatic heterocycles. The van der Waals surface area contributed by atoms with Crippen LogP contribution in [0.1, 0.15) is 44.7 Å². The van der Waals surface area contributed by atoms with Gasteiger partial charge in [-0.15, -0.1) is 11.3 Å². The van der Waals surface area contributed by atoms with Gasteiger partial charge < -0.3 is 14.4 Å². The number of hydrogen-bond donors (Lipinski definition) is 1. The number of aromatic nitrogens is 2. The van der Waals surface area contributed by atoms with Crippen molar-refractivity contribution in [2.45, 2.75) is 38.3 Å². The van der Waals surface area contributed by atoms with Gasteiger partial charge in [0.05, 0.1) is 18.8 Å². The van der Waals surface area contributed by atoms with Gasteiger partial charge in [-0.1, -0.05) is 5.16 Å². The summed E-state index contributed by atoms with van der Waals surface area (Å²) >= 11 is 1.39. The number of carboxylic acid groups (broad SMARTS) is 1. The molecule has 0 bridgehead atoms. The van der Waals surface area contributed by atoms with Crippen LogP contribution in [0, 0.1) is 6.92 Å². The van der Waals surface area contributed by atoms with Gasteiger partial charge in [0, 0.05) is 31.3 Å². The molecule has 0 aliphatic carbocycles. The lowest BCUT2D eigenvalue weighted by Gasteiger charge is -2.43. The molecule has 128 valence electrons. The van der Waals surface area contributed by atoms with Crippen LogP contribution < -0.4 is 0 Å². The molecule has 2 aliphatic rings. The fourth-order valence-electron chi connectivity index (χ4n) is 3.61. The predicted octanol–water partition coefficient (Wildman–Crippen LogP) is 2.20. The summed E-state index contributed by atoms with van der Waals surface area (Å²) in [6, 6.07) is 1.82. The Morgan fingerprint density at radius 3 is 2.92 bits per heavy atom. The zero-order valence-electron chi connectivity index (χ0n) is 13.4. The third-order valence-electron chi connectivity index (χ3n) is 4.82. The fourth-order valence-corrected chi connectivity index (χ4v) is 4.68. The summed E-state index contributed by atoms with van der Waals surface area (Å²) in [4.78, 5) is 19.4. The average Bonchev–Trinajstić information content (AvgIpc) is 3.17. The molecule has 7 nitrogen and oxygen atoms in total. The van der Waals surface area contributed by atoms with E-state index in [1.807, 2.05) is 6.07 Å². The van der Waals surface area contributed by atoms with Crippen molar-refractivity contribution in [2.24, 2.45) is 0 Å². The van der Waals surface area contributed by atoms with E-state index >= 15 is 0 Å². The van der Waals surface area contributed by atoms with Crippen molar-refractivity contribution in [3.63, 3.8) is 0 Å². The first kappa shape index (κ1) is 15.7. The molecule has 0 aromatic carbocycles. The highest BCUT2D eigenvalue weighted by molar-refractivity contribution is 7.14. The van der Waals surface area contributed by atoms with Crippen molar-refractivity contribution in [1.29, 1.82) is 0 Å². The van der Waals surface area contributed by atoms with Gasteiger partial charge in [-0.3, -0.25) is 4.90 Å². The van der Waals surface area contributed by atoms with Crippen molar-refractivity contribution in [2.75, 3.05) is 19.7 Å². The largest absolute Gasteiger partial charge is 0.477 e. The number of aryl methyl sites for hydroxylation is 1. The maximum absolute atomic E-state index is 11.3. The van der Waals surface area contributed by atoms with E-state index in [0.29, 0.717) is 29.7 Å². The van der Waals surface area contributed by atoms with Crippen LogP contribution in [0.3, 0.4) is 0 Å². The topological polar surface area (TPSA) is 88.7 Å². The van der Waals surface area contributed by atoms with Crippen LogP contribution in [0.2, 0.25) is 0 Å². The molecule has 0 amide bonds. The van der Waals surface area contributed by atoms with Crippen molar-refractivity contribution in [3.8, 4) is 0 Å². The molecule has 8 heteroatoms. The number of ether oxygens (including phenoxy) is 1. The maximum Gasteiger partial charge on any atom is 0.345 e. The summed E-state index contributed by atoms with van der Waals surface area (Å²) in [5.41, 5.74) is 0.757. The normalized spacial score (nSPS) is 20.2. The lowest BCUT2D eigenvalue weighted by Crippen LogP contribution is -2.46. The first-order chi connectivity index (χ1) is 11.6. The summed E-state index contributed by atoms with van der Waals surface area (Å²) in [5, 5.41) is 13.2. The summed E-state index contributed by atoms with van der Waals surface area (Å²) in [7, 11) is 0. The molecule has 4 heterocycles. The van der Waals surface area contributed by atoms with Gasteiger partial charge >= 0.3 is 5.97 Å². The molecule has 1 spiro atoms. The SMILES string of the molecule is Cc1nc(CN2CCC3(CC2)OCCc2sc(C(=O)O)cc23)no1. The van der Waals surface area contributed by atoms with Crippen molar-refractivity contribution >= 4 is 17.3 Å². The van der Waals surface area contributed by atoms with E-state index in [2.05, 4.69) is 15.0 Å². The van der Waals surface area contributed by atoms with Crippen LogP contribution in [-0.4, -0.2) is 45.8 Å². The number of nitrogens with zero attached hydrogens (tertiary/aromatic N) is 3. The van der Waals surface area contributed by atoms with Crippen LogP contribution in [0.5, 0.6) is 0 Å². The fraction of sp³-hybridized carbons (Fsp3) is 0.562. The van der Waals surface area contributed by atoms with Gasteiger partial charge in [0.2, 0.25) is 5.89 Å². The molecule has 2 aliphatic heterocycles. The molecule has 4 rings (SSSR count). The maximum atomic E-state index is 11.3. The number of fused-ring (bicyclic) bond motifs is 2. The highest BCUT2D eigenvalue weighted by Gasteiger charge is 2.42. The number of likely N-dealkylation sites (tertiary alicyclic amines) is 1. The van der Waals surface area contributed by atoms with Gasteiger partial charge in [0.25, 0.3) is 0 Å². The summed E-state index contributed by atoms with van der Waals surface area (Å²) in [6.07, 6.45) is 2.51. The zero-order valence-corrected chi connectivity index (χ0v) is 14.3. The summed E-state index contributed by atoms with van der Waals surface area (Å²) in [5.74, 6) is 0.435. The van der Waals surface area contributed by atoms with Crippen LogP contribution in [-0.2, 0) is 23.3 Å². The Morgan fingerprint density at radius 2 is 2.25 bits per heavy atom. The number of hydrogen-bond acceptors (Lipinski definition) is 7. The second-order valence-corrected chi connectivity index (χ2v) is 7.49. The van der Waals surface area contributed by atoms with Crippen LogP contribution in [0.4, 0.5) is 0 Å². The Hall–Kier alpha value is -1.77. The molecule has 0 unspecified atom stereocenters. The van der Waals surface area contributed by atoms with Crippen LogP contribution >= 0.6 is 11.3 Å². The third kappa shape index (κ3) is 2.74. The van der Waals surface area contributed by atoms with E-state index in [1.54, 1.807) is 6.92 Å². The standard InChI is InChI=1S/C16H19N3O4S/c1-10-17-14(18-23-10)9-19-5-3-16(4-6-19)11-8-13(15(20)21)24-12(11)2-7-22-16/h8H,2-7,9H2,1H3,(H,20,21). The van der Waals surface area contributed by atoms with E-state index in [4.69, 9.17) is 9.26 Å². The molecule has 0 saturated carbocycles. The Labute approximate surface area is 143 Å². The minimum atomic E-state index is -0.852. The van der Waals surface area contributed by atoms with E-state index < -0.39 is 5.97 Å². The van der Waals surface area contributed by atoms with Crippen molar-refractivity contribution in [3.05, 3.63) is 33.1 Å². The van der Waals surface area contributed by atoms with E-state index in [0.717, 1.165) is 37.9 Å². The number of aromatic carboxylic acids is 1. The molecule has 0 atom stereocenters. The van der Waals surface area contributed by atoms with E-state index in [1.165, 1.54) is 16.2 Å². The number of carboxylic acids is 1. The van der Waals surface area contributed by atoms with Gasteiger partial charge in [-0.2, -0.15) is 4.98 Å². The number of piperidine rings is 1. The lowest BCUT2D eigenvalue weighted by atomic mass is 9.82. The minimum Gasteiger partial charge on any atom is -0.477 e. The Balaban J connectivity index is 1.50. The molecule has 24 heavy (non-hydrogen) atoms. The molecular formula is C16H19N3O4S. The lowest BCUT2D eigenvalue weighted by molar-refractivity contribution is -0.0983. The van der Waals surface area contributed by atoms with Crippen LogP contribution in [0.25, 0.3) is 0 Å². The summed E-state index contributed by atoms with van der Waals surface area (Å²) < 4.78 is 11.2. The molecule has 1 N–H and O–H groups in total. The average molecular weight is 349 g/mol. The molecular weight excluding hydrogens is 330 g/mol. The van der Waals surface area contributed by atoms with Gasteiger partial charge in [-0.05, 0) is 24.5 Å². The number of thiophene rings is 1. The molecule has 1 fully saturated rings. The first-order valence-corrected chi connectivity index (χ1v) is 8.89. The smallest absolute Gasteiger partial charge is 0.345 e. The quantitative estimate of drug-likeness (QED) is 0.908. The Kier molecular flexibility index (Phi) is 3.90. The van der Waals surface area contributed by atoms with Gasteiger partial charge in [0.1, 0.15) is 4.88 Å². The van der Waals surface area contributed by atoms with Crippen LogP contribution in [0.15, 0.2) is 10.6 Å². The first-order valence-electron chi connectivity index (χ1n) is 8.08. The van der Waals surface area contributed by atoms with Crippen molar-refractivity contribution < 1.29 is 19.2 Å². The minimum absolute atomic E-state index is 0.332. The van der Waals surface area contributed by atoms with Crippen molar-refractivity contribution in [1.82, 2.24) is 15.0 Å². The van der Waals surface area contributed by atoms with E-state index in [-0.39, 0.29) is 5.60 Å². The molecule has 2 aromatic rings. The highest BCUT2D eigenvalue weighted by Crippen LogP contribution is 2.44. The Bertz CT molecular complexity index is 761. The number of rotatable bonds is 3. The van der Waals surface area contributed by atoms with Gasteiger partial charge in [-0.25, -0.2) is 4.79 Å². The molecule has 1 saturated heterocycles. The third-order valence-corrected chi connectivity index (χ3v) is 6.00.